The number of benzene rings is 1. The summed E-state index contributed by atoms with van der Waals surface area (Å²) in [5, 5.41) is 0.353. The van der Waals surface area contributed by atoms with Crippen molar-refractivity contribution in [2.45, 2.75) is 31.7 Å². The molecule has 1 atom stereocenters. The van der Waals surface area contributed by atoms with E-state index in [-0.39, 0.29) is 19.2 Å². The smallest absolute Gasteiger partial charge is 0.128 e. The van der Waals surface area contributed by atoms with Crippen molar-refractivity contribution in [2.24, 2.45) is 0 Å². The van der Waals surface area contributed by atoms with Crippen LogP contribution in [0.15, 0.2) is 29.6 Å². The number of nitrogens with zero attached hydrogens (tertiary/aromatic N) is 3. The molecular weight excluding hydrogens is 342 g/mol. The highest BCUT2D eigenvalue weighted by molar-refractivity contribution is 7.84. The molecule has 1 aromatic carbocycles. The lowest BCUT2D eigenvalue weighted by molar-refractivity contribution is 0.407. The zero-order chi connectivity index (χ0) is 16.6. The van der Waals surface area contributed by atoms with Crippen molar-refractivity contribution in [3.8, 4) is 5.75 Å². The fourth-order valence-corrected chi connectivity index (χ4v) is 3.62. The van der Waals surface area contributed by atoms with E-state index in [9.17, 15) is 4.21 Å². The fourth-order valence-electron chi connectivity index (χ4n) is 2.56. The minimum absolute atomic E-state index is 0. The van der Waals surface area contributed by atoms with Gasteiger partial charge in [0.25, 0.3) is 0 Å². The molecule has 24 heavy (non-hydrogen) atoms. The first-order valence-electron chi connectivity index (χ1n) is 7.28. The van der Waals surface area contributed by atoms with Crippen LogP contribution >= 0.6 is 13.5 Å². The van der Waals surface area contributed by atoms with Gasteiger partial charge in [0.1, 0.15) is 5.75 Å². The summed E-state index contributed by atoms with van der Waals surface area (Å²) in [5.41, 5.74) is 5.27. The fraction of sp³-hybridized carbons (Fsp3) is 0.294. The lowest BCUT2D eigenvalue weighted by Gasteiger charge is -2.12. The van der Waals surface area contributed by atoms with Gasteiger partial charge in [-0.2, -0.15) is 13.5 Å². The third kappa shape index (κ3) is 3.47. The Bertz CT molecular complexity index is 906. The first-order chi connectivity index (χ1) is 11.0. The topological polar surface area (TPSA) is 66.2 Å². The summed E-state index contributed by atoms with van der Waals surface area (Å²) >= 11 is 0. The Hall–Kier alpha value is -1.86. The predicted octanol–water partition coefficient (Wildman–Crippen LogP) is 2.94. The normalized spacial score (nSPS) is 12.0. The van der Waals surface area contributed by atoms with Gasteiger partial charge < -0.3 is 14.7 Å². The highest BCUT2D eigenvalue weighted by Gasteiger charge is 2.12. The number of fused-ring (bicyclic) bond motifs is 1. The van der Waals surface area contributed by atoms with Crippen molar-refractivity contribution in [1.29, 1.82) is 0 Å². The SMILES string of the molecule is COc1c(C)cnc(C[S@](=O)c2nc3cc(C)ccc3[n-]2)c1C.S. The molecule has 0 spiro atoms. The maximum atomic E-state index is 12.6. The van der Waals surface area contributed by atoms with Crippen LogP contribution < -0.4 is 9.72 Å². The van der Waals surface area contributed by atoms with E-state index in [4.69, 9.17) is 4.74 Å². The largest absolute Gasteiger partial charge is 0.496 e. The third-order valence-electron chi connectivity index (χ3n) is 3.78. The van der Waals surface area contributed by atoms with Crippen molar-refractivity contribution in [3.05, 3.63) is 46.8 Å². The van der Waals surface area contributed by atoms with Crippen LogP contribution in [-0.2, 0) is 16.6 Å². The van der Waals surface area contributed by atoms with Gasteiger partial charge in [-0.05, 0) is 31.8 Å². The standard InChI is InChI=1S/C17H18N3O2S.H2S/c1-10-5-6-13-14(7-10)20-17(19-13)23(21)9-15-12(3)16(22-4)11(2)8-18-15;/h5-8H,9H2,1-4H3;1H2/q-1;/t23-;/m0./s1. The highest BCUT2D eigenvalue weighted by atomic mass is 32.2. The van der Waals surface area contributed by atoms with Gasteiger partial charge in [-0.15, -0.1) is 0 Å². The Morgan fingerprint density at radius 1 is 1.25 bits per heavy atom. The van der Waals surface area contributed by atoms with Crippen LogP contribution in [-0.4, -0.2) is 21.3 Å². The first kappa shape index (κ1) is 18.5. The molecule has 3 rings (SSSR count). The molecule has 0 saturated carbocycles. The Labute approximate surface area is 150 Å². The molecule has 2 heterocycles. The summed E-state index contributed by atoms with van der Waals surface area (Å²) in [6.45, 7) is 5.86. The van der Waals surface area contributed by atoms with Crippen molar-refractivity contribution >= 4 is 35.3 Å². The summed E-state index contributed by atoms with van der Waals surface area (Å²) in [7, 11) is 0.289. The molecule has 0 N–H and O–H groups in total. The Morgan fingerprint density at radius 3 is 2.71 bits per heavy atom. The van der Waals surface area contributed by atoms with E-state index < -0.39 is 10.8 Å². The van der Waals surface area contributed by atoms with Crippen LogP contribution in [0.5, 0.6) is 5.75 Å². The first-order valence-corrected chi connectivity index (χ1v) is 8.60. The van der Waals surface area contributed by atoms with Crippen molar-refractivity contribution in [1.82, 2.24) is 15.0 Å². The minimum atomic E-state index is -1.34. The van der Waals surface area contributed by atoms with E-state index in [2.05, 4.69) is 15.0 Å². The zero-order valence-corrected chi connectivity index (χ0v) is 15.9. The Kier molecular flexibility index (Phi) is 5.66. The van der Waals surface area contributed by atoms with Gasteiger partial charge in [-0.3, -0.25) is 9.19 Å². The number of aryl methyl sites for hydroxylation is 2. The molecule has 0 unspecified atom stereocenters. The summed E-state index contributed by atoms with van der Waals surface area (Å²) < 4.78 is 18.0. The predicted molar refractivity (Wildman–Crippen MR) is 101 cm³/mol. The van der Waals surface area contributed by atoms with Crippen molar-refractivity contribution in [3.63, 3.8) is 0 Å². The van der Waals surface area contributed by atoms with Crippen molar-refractivity contribution < 1.29 is 8.95 Å². The minimum Gasteiger partial charge on any atom is -0.496 e. The second-order valence-corrected chi connectivity index (χ2v) is 6.88. The Morgan fingerprint density at radius 2 is 2.00 bits per heavy atom. The second-order valence-electron chi connectivity index (χ2n) is 5.53. The lowest BCUT2D eigenvalue weighted by atomic mass is 10.1. The number of methoxy groups -OCH3 is 1. The molecule has 3 aromatic rings. The Balaban J connectivity index is 0.00000208. The van der Waals surface area contributed by atoms with Crippen molar-refractivity contribution in [2.75, 3.05) is 7.11 Å². The van der Waals surface area contributed by atoms with Gasteiger partial charge in [-0.25, -0.2) is 0 Å². The molecule has 0 radical (unpaired) electrons. The second kappa shape index (κ2) is 7.36. The monoisotopic (exact) mass is 362 g/mol. The van der Waals surface area contributed by atoms with Crippen LogP contribution in [0.2, 0.25) is 0 Å². The van der Waals surface area contributed by atoms with Gasteiger partial charge in [0.2, 0.25) is 0 Å². The van der Waals surface area contributed by atoms with E-state index in [0.717, 1.165) is 39.2 Å². The molecular formula is C17H20N3O2S2-. The van der Waals surface area contributed by atoms with Gasteiger partial charge in [-0.1, -0.05) is 23.8 Å². The summed E-state index contributed by atoms with van der Waals surface area (Å²) in [5.74, 6) is 1.06. The molecule has 0 aliphatic heterocycles. The number of pyridine rings is 1. The number of hydrogen-bond acceptors (Lipinski definition) is 4. The zero-order valence-electron chi connectivity index (χ0n) is 14.1. The molecule has 0 aliphatic carbocycles. The quantitative estimate of drug-likeness (QED) is 0.714. The molecule has 0 saturated heterocycles. The molecule has 0 bridgehead atoms. The van der Waals surface area contributed by atoms with Gasteiger partial charge in [0, 0.05) is 22.5 Å². The van der Waals surface area contributed by atoms with Gasteiger partial charge in [0.05, 0.1) is 29.4 Å². The molecule has 2 aromatic heterocycles. The van der Waals surface area contributed by atoms with Crippen LogP contribution in [0.4, 0.5) is 0 Å². The van der Waals surface area contributed by atoms with Crippen LogP contribution in [0.3, 0.4) is 0 Å². The summed E-state index contributed by atoms with van der Waals surface area (Å²) in [6.07, 6.45) is 1.74. The summed E-state index contributed by atoms with van der Waals surface area (Å²) in [4.78, 5) is 13.1. The maximum Gasteiger partial charge on any atom is 0.128 e. The van der Waals surface area contributed by atoms with Crippen LogP contribution in [0, 0.1) is 20.8 Å². The average molecular weight is 363 g/mol. The van der Waals surface area contributed by atoms with E-state index in [1.54, 1.807) is 13.3 Å². The number of ether oxygens (including phenoxy) is 1. The van der Waals surface area contributed by atoms with E-state index in [1.807, 2.05) is 39.0 Å². The highest BCUT2D eigenvalue weighted by Crippen LogP contribution is 2.25. The average Bonchev–Trinajstić information content (AvgIpc) is 2.93. The maximum absolute atomic E-state index is 12.6. The number of aromatic nitrogens is 3. The van der Waals surface area contributed by atoms with Gasteiger partial charge >= 0.3 is 0 Å². The molecule has 0 amide bonds. The molecule has 5 nitrogen and oxygen atoms in total. The summed E-state index contributed by atoms with van der Waals surface area (Å²) in [6, 6.07) is 5.82. The van der Waals surface area contributed by atoms with E-state index in [0.29, 0.717) is 5.16 Å². The molecule has 0 aliphatic rings. The molecule has 7 heteroatoms. The van der Waals surface area contributed by atoms with E-state index in [1.165, 1.54) is 0 Å². The van der Waals surface area contributed by atoms with E-state index >= 15 is 0 Å². The lowest BCUT2D eigenvalue weighted by Crippen LogP contribution is -2.05. The number of rotatable bonds is 4. The van der Waals surface area contributed by atoms with Crippen LogP contribution in [0.1, 0.15) is 22.4 Å². The van der Waals surface area contributed by atoms with Crippen LogP contribution in [0.25, 0.3) is 11.0 Å². The molecule has 128 valence electrons. The number of hydrogen-bond donors (Lipinski definition) is 0. The third-order valence-corrected chi connectivity index (χ3v) is 4.91. The molecule has 0 fully saturated rings. The number of imidazole rings is 1. The van der Waals surface area contributed by atoms with Gasteiger partial charge in [0.15, 0.2) is 0 Å².